The first-order valence-corrected chi connectivity index (χ1v) is 10.6. The Kier molecular flexibility index (Phi) is 7.46. The van der Waals surface area contributed by atoms with Crippen LogP contribution in [0.5, 0.6) is 0 Å². The molecule has 7 nitrogen and oxygen atoms in total. The topological polar surface area (TPSA) is 79.0 Å². The van der Waals surface area contributed by atoms with Gasteiger partial charge in [0.2, 0.25) is 15.9 Å². The molecule has 8 heteroatoms. The van der Waals surface area contributed by atoms with Crippen molar-refractivity contribution in [2.24, 2.45) is 5.92 Å². The van der Waals surface area contributed by atoms with Gasteiger partial charge in [-0.15, -0.1) is 0 Å². The summed E-state index contributed by atoms with van der Waals surface area (Å²) < 4.78 is 31.0. The van der Waals surface area contributed by atoms with Crippen molar-refractivity contribution in [3.8, 4) is 0 Å². The van der Waals surface area contributed by atoms with Gasteiger partial charge >= 0.3 is 0 Å². The van der Waals surface area contributed by atoms with Gasteiger partial charge in [-0.3, -0.25) is 9.69 Å². The molecule has 0 aliphatic carbocycles. The fourth-order valence-electron chi connectivity index (χ4n) is 3.12. The van der Waals surface area contributed by atoms with Crippen molar-refractivity contribution in [2.75, 3.05) is 51.7 Å². The Morgan fingerprint density at radius 3 is 2.46 bits per heavy atom. The van der Waals surface area contributed by atoms with Gasteiger partial charge in [-0.05, 0) is 38.8 Å². The van der Waals surface area contributed by atoms with Crippen LogP contribution in [-0.2, 0) is 19.6 Å². The maximum absolute atomic E-state index is 12.2. The van der Waals surface area contributed by atoms with Crippen molar-refractivity contribution < 1.29 is 17.9 Å². The summed E-state index contributed by atoms with van der Waals surface area (Å²) in [6.45, 7) is 8.73. The smallest absolute Gasteiger partial charge is 0.221 e. The van der Waals surface area contributed by atoms with E-state index in [9.17, 15) is 13.2 Å². The number of nitrogens with zero attached hydrogens (tertiary/aromatic N) is 2. The van der Waals surface area contributed by atoms with Gasteiger partial charge in [-0.1, -0.05) is 6.92 Å². The molecule has 2 fully saturated rings. The Labute approximate surface area is 145 Å². The van der Waals surface area contributed by atoms with Crippen LogP contribution in [0.1, 0.15) is 33.1 Å². The highest BCUT2D eigenvalue weighted by Gasteiger charge is 2.25. The van der Waals surface area contributed by atoms with Crippen molar-refractivity contribution in [1.29, 1.82) is 0 Å². The van der Waals surface area contributed by atoms with Crippen molar-refractivity contribution >= 4 is 15.9 Å². The maximum atomic E-state index is 12.2. The van der Waals surface area contributed by atoms with Crippen LogP contribution in [0.3, 0.4) is 0 Å². The van der Waals surface area contributed by atoms with Crippen LogP contribution < -0.4 is 5.32 Å². The fraction of sp³-hybridized carbons (Fsp3) is 0.938. The van der Waals surface area contributed by atoms with E-state index in [-0.39, 0.29) is 24.1 Å². The average Bonchev–Trinajstić information content (AvgIpc) is 2.59. The highest BCUT2D eigenvalue weighted by atomic mass is 32.2. The molecule has 0 aromatic rings. The summed E-state index contributed by atoms with van der Waals surface area (Å²) in [5.41, 5.74) is 0. The van der Waals surface area contributed by atoms with Crippen LogP contribution in [0.2, 0.25) is 0 Å². The minimum Gasteiger partial charge on any atom is -0.379 e. The molecule has 0 radical (unpaired) electrons. The minimum atomic E-state index is -3.36. The first-order chi connectivity index (χ1) is 11.4. The van der Waals surface area contributed by atoms with E-state index in [1.807, 2.05) is 0 Å². The van der Waals surface area contributed by atoms with Crippen molar-refractivity contribution in [3.05, 3.63) is 0 Å². The van der Waals surface area contributed by atoms with E-state index in [1.54, 1.807) is 0 Å². The van der Waals surface area contributed by atoms with Gasteiger partial charge in [0.05, 0.1) is 19.0 Å². The number of carbonyl (C=O) groups excluding carboxylic acids is 1. The molecule has 1 atom stereocenters. The van der Waals surface area contributed by atoms with E-state index in [0.29, 0.717) is 32.8 Å². The van der Waals surface area contributed by atoms with Crippen molar-refractivity contribution in [3.63, 3.8) is 0 Å². The molecular weight excluding hydrogens is 330 g/mol. The fourth-order valence-corrected chi connectivity index (χ4v) is 4.53. The summed E-state index contributed by atoms with van der Waals surface area (Å²) in [5.74, 6) is 0.464. The second-order valence-corrected chi connectivity index (χ2v) is 9.04. The summed E-state index contributed by atoms with van der Waals surface area (Å²) in [6, 6.07) is 0.289. The zero-order chi connectivity index (χ0) is 17.6. The number of hydrogen-bond donors (Lipinski definition) is 1. The number of piperidine rings is 1. The van der Waals surface area contributed by atoms with Crippen LogP contribution in [0.25, 0.3) is 0 Å². The molecule has 0 saturated carbocycles. The Morgan fingerprint density at radius 2 is 1.83 bits per heavy atom. The quantitative estimate of drug-likeness (QED) is 0.704. The third-order valence-corrected chi connectivity index (χ3v) is 6.86. The van der Waals surface area contributed by atoms with E-state index in [4.69, 9.17) is 4.74 Å². The van der Waals surface area contributed by atoms with Gasteiger partial charge in [0.1, 0.15) is 0 Å². The maximum Gasteiger partial charge on any atom is 0.221 e. The number of morpholine rings is 1. The Morgan fingerprint density at radius 1 is 1.21 bits per heavy atom. The first-order valence-electron chi connectivity index (χ1n) is 8.95. The highest BCUT2D eigenvalue weighted by Crippen LogP contribution is 2.17. The number of nitrogens with one attached hydrogen (secondary N) is 1. The van der Waals surface area contributed by atoms with Crippen LogP contribution in [-0.4, -0.2) is 81.3 Å². The first kappa shape index (κ1) is 19.6. The van der Waals surface area contributed by atoms with Crippen LogP contribution in [0.4, 0.5) is 0 Å². The molecule has 140 valence electrons. The van der Waals surface area contributed by atoms with Crippen molar-refractivity contribution in [1.82, 2.24) is 14.5 Å². The Bertz CT molecular complexity index is 497. The van der Waals surface area contributed by atoms with Gasteiger partial charge in [-0.2, -0.15) is 4.31 Å². The zero-order valence-electron chi connectivity index (χ0n) is 14.9. The van der Waals surface area contributed by atoms with Gasteiger partial charge in [0.15, 0.2) is 0 Å². The predicted molar refractivity (Wildman–Crippen MR) is 93.2 cm³/mol. The molecule has 1 unspecified atom stereocenters. The van der Waals surface area contributed by atoms with E-state index < -0.39 is 10.0 Å². The van der Waals surface area contributed by atoms with E-state index in [2.05, 4.69) is 24.1 Å². The molecular formula is C16H31N3O4S. The Balaban J connectivity index is 1.67. The second kappa shape index (κ2) is 9.12. The monoisotopic (exact) mass is 361 g/mol. The minimum absolute atomic E-state index is 0.0173. The molecule has 0 aromatic heterocycles. The average molecular weight is 362 g/mol. The van der Waals surface area contributed by atoms with Gasteiger partial charge in [-0.25, -0.2) is 8.42 Å². The summed E-state index contributed by atoms with van der Waals surface area (Å²) in [4.78, 5) is 14.4. The standard InChI is InChI=1S/C16H31N3O4S/c1-14-3-6-18(7-4-14)15(2)13-17-16(20)5-12-24(21,22)19-8-10-23-11-9-19/h14-15H,3-13H2,1-2H3,(H,17,20). The lowest BCUT2D eigenvalue weighted by atomic mass is 9.98. The summed E-state index contributed by atoms with van der Waals surface area (Å²) in [5, 5.41) is 2.88. The number of rotatable bonds is 7. The van der Waals surface area contributed by atoms with Crippen molar-refractivity contribution in [2.45, 2.75) is 39.2 Å². The SMILES string of the molecule is CC1CCN(C(C)CNC(=O)CCS(=O)(=O)N2CCOCC2)CC1. The number of likely N-dealkylation sites (tertiary alicyclic amines) is 1. The summed E-state index contributed by atoms with van der Waals surface area (Å²) in [7, 11) is -3.36. The normalized spacial score (nSPS) is 23.1. The highest BCUT2D eigenvalue weighted by molar-refractivity contribution is 7.89. The number of carbonyl (C=O) groups is 1. The number of ether oxygens (including phenoxy) is 1. The zero-order valence-corrected chi connectivity index (χ0v) is 15.7. The van der Waals surface area contributed by atoms with E-state index in [1.165, 1.54) is 17.1 Å². The molecule has 2 heterocycles. The van der Waals surface area contributed by atoms with Gasteiger partial charge < -0.3 is 10.1 Å². The summed E-state index contributed by atoms with van der Waals surface area (Å²) >= 11 is 0. The molecule has 0 bridgehead atoms. The molecule has 2 aliphatic rings. The molecule has 1 amide bonds. The lowest BCUT2D eigenvalue weighted by Gasteiger charge is -2.35. The van der Waals surface area contributed by atoms with E-state index in [0.717, 1.165) is 19.0 Å². The third kappa shape index (κ3) is 5.98. The number of hydrogen-bond acceptors (Lipinski definition) is 5. The molecule has 2 saturated heterocycles. The number of sulfonamides is 1. The lowest BCUT2D eigenvalue weighted by molar-refractivity contribution is -0.121. The van der Waals surface area contributed by atoms with Crippen LogP contribution in [0, 0.1) is 5.92 Å². The molecule has 2 aliphatic heterocycles. The van der Waals surface area contributed by atoms with Crippen LogP contribution >= 0.6 is 0 Å². The Hall–Kier alpha value is -0.700. The lowest BCUT2D eigenvalue weighted by Crippen LogP contribution is -2.46. The predicted octanol–water partition coefficient (Wildman–Crippen LogP) is 0.275. The summed E-state index contributed by atoms with van der Waals surface area (Å²) in [6.07, 6.45) is 2.43. The molecule has 0 aromatic carbocycles. The van der Waals surface area contributed by atoms with Crippen LogP contribution in [0.15, 0.2) is 0 Å². The molecule has 1 N–H and O–H groups in total. The largest absolute Gasteiger partial charge is 0.379 e. The third-order valence-electron chi connectivity index (χ3n) is 4.99. The van der Waals surface area contributed by atoms with E-state index >= 15 is 0 Å². The van der Waals surface area contributed by atoms with Gasteiger partial charge in [0, 0.05) is 32.1 Å². The number of amides is 1. The molecule has 24 heavy (non-hydrogen) atoms. The molecule has 0 spiro atoms. The van der Waals surface area contributed by atoms with Gasteiger partial charge in [0.25, 0.3) is 0 Å². The second-order valence-electron chi connectivity index (χ2n) is 6.95. The molecule has 2 rings (SSSR count).